The lowest BCUT2D eigenvalue weighted by atomic mass is 10.1. The Bertz CT molecular complexity index is 166. The molecule has 0 saturated carbocycles. The molecule has 1 rings (SSSR count). The van der Waals surface area contributed by atoms with E-state index < -0.39 is 0 Å². The molecule has 1 saturated heterocycles. The van der Waals surface area contributed by atoms with Gasteiger partial charge in [0, 0.05) is 12.1 Å². The van der Waals surface area contributed by atoms with Crippen LogP contribution in [0.2, 0.25) is 0 Å². The van der Waals surface area contributed by atoms with Gasteiger partial charge in [-0.25, -0.2) is 0 Å². The molecule has 1 atom stereocenters. The fourth-order valence-corrected chi connectivity index (χ4v) is 1.23. The molecule has 1 amide bonds. The van der Waals surface area contributed by atoms with Crippen molar-refractivity contribution >= 4 is 5.91 Å². The summed E-state index contributed by atoms with van der Waals surface area (Å²) in [5, 5.41) is 2.90. The average Bonchev–Trinajstić information content (AvgIpc) is 2.32. The summed E-state index contributed by atoms with van der Waals surface area (Å²) in [6.07, 6.45) is 1.66. The van der Waals surface area contributed by atoms with E-state index in [0.717, 1.165) is 19.4 Å². The Morgan fingerprint density at radius 2 is 2.17 bits per heavy atom. The number of nitrogens with one attached hydrogen (secondary N) is 1. The number of carbonyl (C=O) groups excluding carboxylic acids is 1. The average molecular weight is 171 g/mol. The van der Waals surface area contributed by atoms with Crippen molar-refractivity contribution in [1.29, 1.82) is 0 Å². The molecule has 1 aliphatic rings. The Kier molecular flexibility index (Phi) is 2.73. The number of hydrogen-bond donors (Lipinski definition) is 1. The van der Waals surface area contributed by atoms with E-state index in [1.54, 1.807) is 0 Å². The van der Waals surface area contributed by atoms with Crippen LogP contribution in [0.15, 0.2) is 0 Å². The predicted octanol–water partition coefficient (Wildman–Crippen LogP) is 1.08. The van der Waals surface area contributed by atoms with Crippen molar-refractivity contribution in [2.24, 2.45) is 0 Å². The van der Waals surface area contributed by atoms with Crippen molar-refractivity contribution in [3.05, 3.63) is 0 Å². The molecule has 70 valence electrons. The number of amides is 1. The van der Waals surface area contributed by atoms with Gasteiger partial charge in [-0.1, -0.05) is 0 Å². The van der Waals surface area contributed by atoms with E-state index in [0.29, 0.717) is 0 Å². The molecule has 1 fully saturated rings. The van der Waals surface area contributed by atoms with Crippen LogP contribution < -0.4 is 5.32 Å². The van der Waals surface area contributed by atoms with Gasteiger partial charge in [-0.3, -0.25) is 4.79 Å². The number of ether oxygens (including phenoxy) is 1. The normalized spacial score (nSPS) is 24.1. The molecule has 0 aliphatic carbocycles. The lowest BCUT2D eigenvalue weighted by Gasteiger charge is -2.22. The third kappa shape index (κ3) is 2.81. The van der Waals surface area contributed by atoms with Crippen LogP contribution in [0.1, 0.15) is 33.6 Å². The SMILES string of the molecule is CC(C)(C)NC(=O)C1CCCO1. The zero-order chi connectivity index (χ0) is 9.19. The minimum absolute atomic E-state index is 0.0278. The van der Waals surface area contributed by atoms with Crippen LogP contribution in [0.5, 0.6) is 0 Å². The Morgan fingerprint density at radius 1 is 1.50 bits per heavy atom. The molecule has 1 aliphatic heterocycles. The first-order valence-corrected chi connectivity index (χ1v) is 4.43. The van der Waals surface area contributed by atoms with Gasteiger partial charge in [0.2, 0.25) is 5.91 Å². The van der Waals surface area contributed by atoms with Crippen molar-refractivity contribution in [1.82, 2.24) is 5.32 Å². The zero-order valence-corrected chi connectivity index (χ0v) is 8.02. The van der Waals surface area contributed by atoms with Crippen molar-refractivity contribution in [3.8, 4) is 0 Å². The first-order chi connectivity index (χ1) is 5.49. The molecule has 1 heterocycles. The monoisotopic (exact) mass is 171 g/mol. The summed E-state index contributed by atoms with van der Waals surface area (Å²) in [5.41, 5.74) is -0.150. The topological polar surface area (TPSA) is 38.3 Å². The van der Waals surface area contributed by atoms with Gasteiger partial charge in [-0.05, 0) is 33.6 Å². The van der Waals surface area contributed by atoms with Crippen LogP contribution in [0.3, 0.4) is 0 Å². The fraction of sp³-hybridized carbons (Fsp3) is 0.889. The molecule has 0 aromatic carbocycles. The largest absolute Gasteiger partial charge is 0.368 e. The quantitative estimate of drug-likeness (QED) is 0.641. The summed E-state index contributed by atoms with van der Waals surface area (Å²) in [5.74, 6) is 0.0278. The second-order valence-corrected chi connectivity index (χ2v) is 4.24. The second kappa shape index (κ2) is 3.44. The summed E-state index contributed by atoms with van der Waals surface area (Å²) < 4.78 is 5.25. The number of carbonyl (C=O) groups is 1. The van der Waals surface area contributed by atoms with Gasteiger partial charge >= 0.3 is 0 Å². The molecule has 0 spiro atoms. The van der Waals surface area contributed by atoms with E-state index in [-0.39, 0.29) is 17.6 Å². The van der Waals surface area contributed by atoms with Crippen molar-refractivity contribution in [3.63, 3.8) is 0 Å². The molecule has 0 aromatic rings. The summed E-state index contributed by atoms with van der Waals surface area (Å²) in [4.78, 5) is 11.4. The maximum atomic E-state index is 11.4. The lowest BCUT2D eigenvalue weighted by Crippen LogP contribution is -2.45. The highest BCUT2D eigenvalue weighted by atomic mass is 16.5. The molecule has 1 unspecified atom stereocenters. The molecule has 0 radical (unpaired) electrons. The second-order valence-electron chi connectivity index (χ2n) is 4.24. The van der Waals surface area contributed by atoms with Crippen molar-refractivity contribution in [2.45, 2.75) is 45.3 Å². The van der Waals surface area contributed by atoms with Crippen LogP contribution in [0.4, 0.5) is 0 Å². The standard InChI is InChI=1S/C9H17NO2/c1-9(2,3)10-8(11)7-5-4-6-12-7/h7H,4-6H2,1-3H3,(H,10,11). The molecular weight excluding hydrogens is 154 g/mol. The molecule has 1 N–H and O–H groups in total. The lowest BCUT2D eigenvalue weighted by molar-refractivity contribution is -0.131. The first-order valence-electron chi connectivity index (χ1n) is 4.43. The number of rotatable bonds is 1. The third-order valence-corrected chi connectivity index (χ3v) is 1.72. The highest BCUT2D eigenvalue weighted by Crippen LogP contribution is 2.13. The Labute approximate surface area is 73.5 Å². The van der Waals surface area contributed by atoms with Crippen molar-refractivity contribution < 1.29 is 9.53 Å². The van der Waals surface area contributed by atoms with Crippen LogP contribution in [-0.4, -0.2) is 24.2 Å². The van der Waals surface area contributed by atoms with E-state index in [1.165, 1.54) is 0 Å². The van der Waals surface area contributed by atoms with Gasteiger partial charge in [0.1, 0.15) is 6.10 Å². The smallest absolute Gasteiger partial charge is 0.249 e. The van der Waals surface area contributed by atoms with Crippen LogP contribution in [0.25, 0.3) is 0 Å². The van der Waals surface area contributed by atoms with Crippen LogP contribution in [-0.2, 0) is 9.53 Å². The van der Waals surface area contributed by atoms with Gasteiger partial charge in [0.25, 0.3) is 0 Å². The molecular formula is C9H17NO2. The van der Waals surface area contributed by atoms with Crippen LogP contribution >= 0.6 is 0 Å². The molecule has 3 heteroatoms. The summed E-state index contributed by atoms with van der Waals surface area (Å²) in [6, 6.07) is 0. The molecule has 0 aromatic heterocycles. The third-order valence-electron chi connectivity index (χ3n) is 1.72. The highest BCUT2D eigenvalue weighted by molar-refractivity contribution is 5.81. The van der Waals surface area contributed by atoms with Crippen LogP contribution in [0, 0.1) is 0 Å². The molecule has 3 nitrogen and oxygen atoms in total. The van der Waals surface area contributed by atoms with E-state index in [9.17, 15) is 4.79 Å². The zero-order valence-electron chi connectivity index (χ0n) is 8.02. The van der Waals surface area contributed by atoms with Gasteiger partial charge in [-0.15, -0.1) is 0 Å². The van der Waals surface area contributed by atoms with E-state index in [1.807, 2.05) is 20.8 Å². The molecule has 0 bridgehead atoms. The summed E-state index contributed by atoms with van der Waals surface area (Å²) >= 11 is 0. The predicted molar refractivity (Wildman–Crippen MR) is 46.9 cm³/mol. The maximum Gasteiger partial charge on any atom is 0.249 e. The Hall–Kier alpha value is -0.570. The number of hydrogen-bond acceptors (Lipinski definition) is 2. The summed E-state index contributed by atoms with van der Waals surface area (Å²) in [6.45, 7) is 6.64. The van der Waals surface area contributed by atoms with Gasteiger partial charge in [-0.2, -0.15) is 0 Å². The molecule has 12 heavy (non-hydrogen) atoms. The summed E-state index contributed by atoms with van der Waals surface area (Å²) in [7, 11) is 0. The van der Waals surface area contributed by atoms with Gasteiger partial charge in [0.15, 0.2) is 0 Å². The van der Waals surface area contributed by atoms with E-state index in [4.69, 9.17) is 4.74 Å². The minimum atomic E-state index is -0.204. The maximum absolute atomic E-state index is 11.4. The Balaban J connectivity index is 2.37. The Morgan fingerprint density at radius 3 is 2.58 bits per heavy atom. The van der Waals surface area contributed by atoms with Gasteiger partial charge in [0.05, 0.1) is 0 Å². The first kappa shape index (κ1) is 9.52. The fourth-order valence-electron chi connectivity index (χ4n) is 1.23. The van der Waals surface area contributed by atoms with Gasteiger partial charge < -0.3 is 10.1 Å². The minimum Gasteiger partial charge on any atom is -0.368 e. The van der Waals surface area contributed by atoms with E-state index in [2.05, 4.69) is 5.32 Å². The highest BCUT2D eigenvalue weighted by Gasteiger charge is 2.26. The van der Waals surface area contributed by atoms with Crippen molar-refractivity contribution in [2.75, 3.05) is 6.61 Å². The van der Waals surface area contributed by atoms with E-state index >= 15 is 0 Å².